The maximum atomic E-state index is 10.8. The summed E-state index contributed by atoms with van der Waals surface area (Å²) in [5.41, 5.74) is 0. The van der Waals surface area contributed by atoms with Crippen LogP contribution in [0, 0.1) is 0 Å². The van der Waals surface area contributed by atoms with E-state index in [2.05, 4.69) is 0 Å². The smallest absolute Gasteiger partial charge is 0.169 e. The van der Waals surface area contributed by atoms with Crippen molar-refractivity contribution in [1.82, 2.24) is 0 Å². The third kappa shape index (κ3) is 0.767. The summed E-state index contributed by atoms with van der Waals surface area (Å²) in [5.74, 6) is -0.168. The Morgan fingerprint density at radius 1 is 1.60 bits per heavy atom. The van der Waals surface area contributed by atoms with Crippen LogP contribution in [0.1, 0.15) is 6.42 Å². The number of rotatable bonds is 0. The summed E-state index contributed by atoms with van der Waals surface area (Å²) in [5, 5.41) is 9.11. The summed E-state index contributed by atoms with van der Waals surface area (Å²) in [7, 11) is 0. The summed E-state index contributed by atoms with van der Waals surface area (Å²) in [6.45, 7) is 0.345. The molecule has 1 N–H and O–H groups in total. The Labute approximate surface area is 57.7 Å². The Hall–Kier alpha value is -0.450. The monoisotopic (exact) mass is 144 g/mol. The van der Waals surface area contributed by atoms with Gasteiger partial charge in [-0.1, -0.05) is 0 Å². The highest BCUT2D eigenvalue weighted by molar-refractivity contribution is 5.84. The molecule has 56 valence electrons. The molecule has 4 heteroatoms. The van der Waals surface area contributed by atoms with E-state index in [9.17, 15) is 4.79 Å². The van der Waals surface area contributed by atoms with E-state index in [1.54, 1.807) is 0 Å². The van der Waals surface area contributed by atoms with Gasteiger partial charge < -0.3 is 14.6 Å². The molecule has 2 heterocycles. The number of carbonyl (C=O) groups is 1. The number of fused-ring (bicyclic) bond motifs is 2. The predicted molar refractivity (Wildman–Crippen MR) is 30.2 cm³/mol. The fraction of sp³-hybridized carbons (Fsp3) is 0.833. The van der Waals surface area contributed by atoms with Crippen molar-refractivity contribution in [2.45, 2.75) is 24.9 Å². The standard InChI is InChI=1S/C6H8O4/c7-3-1-5-9-2-4(10-5)6(3)8/h4-6,8H,1-2H2/t4-,5-,6+/m1/s1. The maximum Gasteiger partial charge on any atom is 0.169 e. The Morgan fingerprint density at radius 2 is 2.40 bits per heavy atom. The summed E-state index contributed by atoms with van der Waals surface area (Å²) in [6, 6.07) is 0. The second-order valence-electron chi connectivity index (χ2n) is 2.55. The molecular formula is C6H8O4. The number of aliphatic hydroxyl groups is 1. The van der Waals surface area contributed by atoms with Crippen LogP contribution >= 0.6 is 0 Å². The van der Waals surface area contributed by atoms with E-state index in [0.29, 0.717) is 6.61 Å². The Balaban J connectivity index is 2.17. The highest BCUT2D eigenvalue weighted by atomic mass is 16.7. The lowest BCUT2D eigenvalue weighted by Crippen LogP contribution is -2.40. The topological polar surface area (TPSA) is 55.8 Å². The zero-order valence-electron chi connectivity index (χ0n) is 5.32. The van der Waals surface area contributed by atoms with Crippen LogP contribution in [0.25, 0.3) is 0 Å². The molecule has 2 aliphatic rings. The first kappa shape index (κ1) is 6.27. The predicted octanol–water partition coefficient (Wildman–Crippen LogP) is -0.938. The van der Waals surface area contributed by atoms with Crippen LogP contribution in [0.15, 0.2) is 0 Å². The molecular weight excluding hydrogens is 136 g/mol. The zero-order valence-corrected chi connectivity index (χ0v) is 5.32. The SMILES string of the molecule is O=C1C[C@@H]2OC[C@@H](O2)[C@H]1O. The lowest BCUT2D eigenvalue weighted by atomic mass is 10.1. The van der Waals surface area contributed by atoms with Gasteiger partial charge in [-0.05, 0) is 0 Å². The minimum absolute atomic E-state index is 0.168. The summed E-state index contributed by atoms with van der Waals surface area (Å²) in [6.07, 6.45) is -1.57. The van der Waals surface area contributed by atoms with Crippen LogP contribution in [-0.4, -0.2) is 36.0 Å². The highest BCUT2D eigenvalue weighted by Crippen LogP contribution is 2.24. The molecule has 3 atom stereocenters. The Morgan fingerprint density at radius 3 is 3.20 bits per heavy atom. The summed E-state index contributed by atoms with van der Waals surface area (Å²) >= 11 is 0. The number of hydrogen-bond acceptors (Lipinski definition) is 4. The average molecular weight is 144 g/mol. The van der Waals surface area contributed by atoms with Crippen molar-refractivity contribution in [1.29, 1.82) is 0 Å². The van der Waals surface area contributed by atoms with Crippen LogP contribution in [-0.2, 0) is 14.3 Å². The molecule has 0 amide bonds. The molecule has 0 radical (unpaired) electrons. The molecule has 10 heavy (non-hydrogen) atoms. The van der Waals surface area contributed by atoms with Crippen LogP contribution in [0.5, 0.6) is 0 Å². The van der Waals surface area contributed by atoms with Gasteiger partial charge in [0.2, 0.25) is 0 Å². The van der Waals surface area contributed by atoms with Gasteiger partial charge in [0.25, 0.3) is 0 Å². The lowest BCUT2D eigenvalue weighted by Gasteiger charge is -2.21. The van der Waals surface area contributed by atoms with Gasteiger partial charge in [-0.25, -0.2) is 0 Å². The van der Waals surface area contributed by atoms with E-state index in [0.717, 1.165) is 0 Å². The quantitative estimate of drug-likeness (QED) is 0.476. The van der Waals surface area contributed by atoms with Crippen molar-refractivity contribution in [3.8, 4) is 0 Å². The van der Waals surface area contributed by atoms with Gasteiger partial charge in [-0.3, -0.25) is 4.79 Å². The molecule has 0 aromatic carbocycles. The third-order valence-electron chi connectivity index (χ3n) is 1.82. The Kier molecular flexibility index (Phi) is 1.26. The molecule has 4 nitrogen and oxygen atoms in total. The number of aliphatic hydroxyl groups excluding tert-OH is 1. The van der Waals surface area contributed by atoms with Gasteiger partial charge in [0, 0.05) is 0 Å². The van der Waals surface area contributed by atoms with Crippen LogP contribution < -0.4 is 0 Å². The van der Waals surface area contributed by atoms with Crippen LogP contribution in [0.4, 0.5) is 0 Å². The average Bonchev–Trinajstić information content (AvgIpc) is 2.29. The van der Waals surface area contributed by atoms with Crippen LogP contribution in [0.3, 0.4) is 0 Å². The fourth-order valence-corrected chi connectivity index (χ4v) is 1.24. The van der Waals surface area contributed by atoms with Gasteiger partial charge >= 0.3 is 0 Å². The molecule has 2 aliphatic heterocycles. The second kappa shape index (κ2) is 2.02. The number of hydrogen-bond donors (Lipinski definition) is 1. The largest absolute Gasteiger partial charge is 0.382 e. The van der Waals surface area contributed by atoms with Gasteiger partial charge in [-0.15, -0.1) is 0 Å². The minimum Gasteiger partial charge on any atom is -0.382 e. The van der Waals surface area contributed by atoms with Crippen molar-refractivity contribution < 1.29 is 19.4 Å². The van der Waals surface area contributed by atoms with Crippen molar-refractivity contribution in [3.05, 3.63) is 0 Å². The number of carbonyl (C=O) groups excluding carboxylic acids is 1. The molecule has 2 fully saturated rings. The van der Waals surface area contributed by atoms with E-state index in [1.807, 2.05) is 0 Å². The number of Topliss-reactive ketones (excluding diaryl/α,β-unsaturated/α-hetero) is 1. The first-order chi connectivity index (χ1) is 4.77. The molecule has 0 unspecified atom stereocenters. The highest BCUT2D eigenvalue weighted by Gasteiger charge is 2.41. The fourth-order valence-electron chi connectivity index (χ4n) is 1.24. The van der Waals surface area contributed by atoms with Crippen molar-refractivity contribution in [2.75, 3.05) is 6.61 Å². The van der Waals surface area contributed by atoms with Gasteiger partial charge in [-0.2, -0.15) is 0 Å². The number of ether oxygens (including phenoxy) is 2. The van der Waals surface area contributed by atoms with E-state index >= 15 is 0 Å². The molecule has 0 aromatic rings. The van der Waals surface area contributed by atoms with E-state index in [4.69, 9.17) is 14.6 Å². The van der Waals surface area contributed by atoms with Gasteiger partial charge in [0.1, 0.15) is 12.2 Å². The molecule has 2 rings (SSSR count). The van der Waals surface area contributed by atoms with Gasteiger partial charge in [0.15, 0.2) is 12.1 Å². The second-order valence-corrected chi connectivity index (χ2v) is 2.55. The van der Waals surface area contributed by atoms with E-state index in [-0.39, 0.29) is 18.5 Å². The first-order valence-corrected chi connectivity index (χ1v) is 3.25. The lowest BCUT2D eigenvalue weighted by molar-refractivity contribution is -0.156. The van der Waals surface area contributed by atoms with E-state index < -0.39 is 12.2 Å². The Bertz CT molecular complexity index is 167. The molecule has 0 aliphatic carbocycles. The summed E-state index contributed by atoms with van der Waals surface area (Å²) in [4.78, 5) is 10.8. The van der Waals surface area contributed by atoms with Crippen molar-refractivity contribution in [3.63, 3.8) is 0 Å². The molecule has 0 aromatic heterocycles. The first-order valence-electron chi connectivity index (χ1n) is 3.25. The van der Waals surface area contributed by atoms with Gasteiger partial charge in [0.05, 0.1) is 13.0 Å². The third-order valence-corrected chi connectivity index (χ3v) is 1.82. The normalized spacial score (nSPS) is 46.1. The zero-order chi connectivity index (χ0) is 7.14. The molecule has 0 saturated carbocycles. The molecule has 2 saturated heterocycles. The number of ketones is 1. The summed E-state index contributed by atoms with van der Waals surface area (Å²) < 4.78 is 10.1. The molecule has 2 bridgehead atoms. The van der Waals surface area contributed by atoms with Crippen molar-refractivity contribution >= 4 is 5.78 Å². The maximum absolute atomic E-state index is 10.8. The minimum atomic E-state index is -0.959. The van der Waals surface area contributed by atoms with Crippen molar-refractivity contribution in [2.24, 2.45) is 0 Å². The van der Waals surface area contributed by atoms with Crippen LogP contribution in [0.2, 0.25) is 0 Å². The molecule has 0 spiro atoms. The van der Waals surface area contributed by atoms with E-state index in [1.165, 1.54) is 0 Å².